The molecule has 0 bridgehead atoms. The molecule has 4 nitrogen and oxygen atoms in total. The third kappa shape index (κ3) is 3.06. The van der Waals surface area contributed by atoms with E-state index in [-0.39, 0.29) is 24.1 Å². The van der Waals surface area contributed by atoms with Gasteiger partial charge in [-0.2, -0.15) is 0 Å². The summed E-state index contributed by atoms with van der Waals surface area (Å²) in [5, 5.41) is 5.15. The number of nitrogens with one attached hydrogen (secondary N) is 2. The summed E-state index contributed by atoms with van der Waals surface area (Å²) in [7, 11) is 0. The van der Waals surface area contributed by atoms with Crippen LogP contribution in [-0.4, -0.2) is 24.4 Å². The fraction of sp³-hybridized carbons (Fsp3) is 0.385. The summed E-state index contributed by atoms with van der Waals surface area (Å²) >= 11 is 0. The molecule has 2 amide bonds. The van der Waals surface area contributed by atoms with Gasteiger partial charge in [-0.15, -0.1) is 0 Å². The van der Waals surface area contributed by atoms with Gasteiger partial charge in [0.15, 0.2) is 0 Å². The van der Waals surface area contributed by atoms with Crippen molar-refractivity contribution in [3.05, 3.63) is 35.1 Å². The molecule has 0 unspecified atom stereocenters. The second-order valence-corrected chi connectivity index (χ2v) is 4.46. The molecule has 0 atom stereocenters. The van der Waals surface area contributed by atoms with Gasteiger partial charge in [0.25, 0.3) is 5.91 Å². The summed E-state index contributed by atoms with van der Waals surface area (Å²) in [5.41, 5.74) is 0.374. The fourth-order valence-corrected chi connectivity index (χ4v) is 1.58. The van der Waals surface area contributed by atoms with E-state index < -0.39 is 11.7 Å². The molecule has 0 aromatic heterocycles. The summed E-state index contributed by atoms with van der Waals surface area (Å²) in [6.07, 6.45) is 1.98. The number of halogens is 1. The largest absolute Gasteiger partial charge is 0.352 e. The van der Waals surface area contributed by atoms with Crippen LogP contribution < -0.4 is 10.6 Å². The first-order valence-corrected chi connectivity index (χ1v) is 5.90. The number of carbonyl (C=O) groups is 2. The predicted molar refractivity (Wildman–Crippen MR) is 64.6 cm³/mol. The number of carbonyl (C=O) groups excluding carboxylic acids is 2. The summed E-state index contributed by atoms with van der Waals surface area (Å²) in [5.74, 6) is -1.35. The molecule has 0 heterocycles. The lowest BCUT2D eigenvalue weighted by Crippen LogP contribution is -2.38. The molecule has 5 heteroatoms. The minimum atomic E-state index is -0.567. The van der Waals surface area contributed by atoms with E-state index in [0.29, 0.717) is 5.56 Å². The zero-order valence-electron chi connectivity index (χ0n) is 10.1. The van der Waals surface area contributed by atoms with Gasteiger partial charge in [-0.05, 0) is 31.4 Å². The zero-order chi connectivity index (χ0) is 13.1. The van der Waals surface area contributed by atoms with Crippen molar-refractivity contribution in [1.82, 2.24) is 10.6 Å². The van der Waals surface area contributed by atoms with Gasteiger partial charge in [-0.3, -0.25) is 9.59 Å². The van der Waals surface area contributed by atoms with Crippen LogP contribution in [0.25, 0.3) is 0 Å². The average Bonchev–Trinajstić information content (AvgIpc) is 3.13. The predicted octanol–water partition coefficient (Wildman–Crippen LogP) is 1.14. The van der Waals surface area contributed by atoms with Crippen LogP contribution in [0, 0.1) is 12.7 Å². The standard InChI is InChI=1S/C13H15FN2O2/c1-8-3-2-4-10(12(8)14)13(18)15-7-11(17)16-9-5-6-9/h2-4,9H,5-7H2,1H3,(H,15,18)(H,16,17). The molecule has 96 valence electrons. The number of amides is 2. The third-order valence-electron chi connectivity index (χ3n) is 2.79. The molecule has 1 aromatic rings. The number of hydrogen-bond donors (Lipinski definition) is 2. The van der Waals surface area contributed by atoms with E-state index in [1.54, 1.807) is 19.1 Å². The second-order valence-electron chi connectivity index (χ2n) is 4.46. The first-order valence-electron chi connectivity index (χ1n) is 5.90. The molecule has 18 heavy (non-hydrogen) atoms. The van der Waals surface area contributed by atoms with Crippen molar-refractivity contribution in [2.45, 2.75) is 25.8 Å². The number of aryl methyl sites for hydroxylation is 1. The van der Waals surface area contributed by atoms with Gasteiger partial charge >= 0.3 is 0 Å². The molecule has 1 aromatic carbocycles. The summed E-state index contributed by atoms with van der Waals surface area (Å²) in [6, 6.07) is 4.85. The smallest absolute Gasteiger partial charge is 0.254 e. The van der Waals surface area contributed by atoms with Crippen LogP contribution in [0.2, 0.25) is 0 Å². The van der Waals surface area contributed by atoms with Gasteiger partial charge in [0.05, 0.1) is 12.1 Å². The van der Waals surface area contributed by atoms with Gasteiger partial charge in [0.2, 0.25) is 5.91 Å². The first-order chi connectivity index (χ1) is 8.58. The minimum Gasteiger partial charge on any atom is -0.352 e. The monoisotopic (exact) mass is 250 g/mol. The van der Waals surface area contributed by atoms with Crippen LogP contribution in [0.4, 0.5) is 4.39 Å². The van der Waals surface area contributed by atoms with Crippen molar-refractivity contribution < 1.29 is 14.0 Å². The average molecular weight is 250 g/mol. The number of rotatable bonds is 4. The molecule has 0 radical (unpaired) electrons. The Kier molecular flexibility index (Phi) is 3.60. The SMILES string of the molecule is Cc1cccc(C(=O)NCC(=O)NC2CC2)c1F. The van der Waals surface area contributed by atoms with Crippen LogP contribution in [0.15, 0.2) is 18.2 Å². The lowest BCUT2D eigenvalue weighted by atomic mass is 10.1. The maximum Gasteiger partial charge on any atom is 0.254 e. The number of hydrogen-bond acceptors (Lipinski definition) is 2. The minimum absolute atomic E-state index is 0.0331. The lowest BCUT2D eigenvalue weighted by Gasteiger charge is -2.07. The molecule has 1 fully saturated rings. The highest BCUT2D eigenvalue weighted by atomic mass is 19.1. The van der Waals surface area contributed by atoms with E-state index >= 15 is 0 Å². The molecule has 1 aliphatic carbocycles. The van der Waals surface area contributed by atoms with Crippen molar-refractivity contribution in [3.63, 3.8) is 0 Å². The van der Waals surface area contributed by atoms with E-state index in [1.807, 2.05) is 0 Å². The normalized spacial score (nSPS) is 14.1. The van der Waals surface area contributed by atoms with Crippen molar-refractivity contribution in [2.75, 3.05) is 6.54 Å². The van der Waals surface area contributed by atoms with Gasteiger partial charge in [-0.1, -0.05) is 12.1 Å². The van der Waals surface area contributed by atoms with E-state index in [2.05, 4.69) is 10.6 Å². The molecule has 2 rings (SSSR count). The Hall–Kier alpha value is -1.91. The highest BCUT2D eigenvalue weighted by molar-refractivity contribution is 5.96. The number of benzene rings is 1. The van der Waals surface area contributed by atoms with E-state index in [0.717, 1.165) is 12.8 Å². The molecular weight excluding hydrogens is 235 g/mol. The molecule has 1 saturated carbocycles. The van der Waals surface area contributed by atoms with Gasteiger partial charge in [0, 0.05) is 6.04 Å². The highest BCUT2D eigenvalue weighted by Gasteiger charge is 2.23. The summed E-state index contributed by atoms with van der Waals surface area (Å²) < 4.78 is 13.6. The van der Waals surface area contributed by atoms with Crippen LogP contribution in [0.3, 0.4) is 0 Å². The van der Waals surface area contributed by atoms with E-state index in [1.165, 1.54) is 6.07 Å². The fourth-order valence-electron chi connectivity index (χ4n) is 1.58. The van der Waals surface area contributed by atoms with Crippen molar-refractivity contribution in [2.24, 2.45) is 0 Å². The Morgan fingerprint density at radius 3 is 2.78 bits per heavy atom. The highest BCUT2D eigenvalue weighted by Crippen LogP contribution is 2.18. The molecule has 0 spiro atoms. The van der Waals surface area contributed by atoms with Crippen LogP contribution in [0.5, 0.6) is 0 Å². The van der Waals surface area contributed by atoms with Gasteiger partial charge in [0.1, 0.15) is 5.82 Å². The summed E-state index contributed by atoms with van der Waals surface area (Å²) in [4.78, 5) is 23.1. The molecule has 0 saturated heterocycles. The van der Waals surface area contributed by atoms with E-state index in [9.17, 15) is 14.0 Å². The van der Waals surface area contributed by atoms with Crippen molar-refractivity contribution >= 4 is 11.8 Å². The van der Waals surface area contributed by atoms with Crippen LogP contribution in [-0.2, 0) is 4.79 Å². The van der Waals surface area contributed by atoms with Crippen LogP contribution in [0.1, 0.15) is 28.8 Å². The maximum atomic E-state index is 13.6. The molecule has 0 aliphatic heterocycles. The summed E-state index contributed by atoms with van der Waals surface area (Å²) in [6.45, 7) is 1.47. The molecule has 2 N–H and O–H groups in total. The lowest BCUT2D eigenvalue weighted by molar-refractivity contribution is -0.120. The second kappa shape index (κ2) is 5.16. The Morgan fingerprint density at radius 2 is 2.11 bits per heavy atom. The zero-order valence-corrected chi connectivity index (χ0v) is 10.1. The van der Waals surface area contributed by atoms with Gasteiger partial charge in [-0.25, -0.2) is 4.39 Å². The van der Waals surface area contributed by atoms with Crippen LogP contribution >= 0.6 is 0 Å². The topological polar surface area (TPSA) is 58.2 Å². The Morgan fingerprint density at radius 1 is 1.39 bits per heavy atom. The van der Waals surface area contributed by atoms with Gasteiger partial charge < -0.3 is 10.6 Å². The molecule has 1 aliphatic rings. The third-order valence-corrected chi connectivity index (χ3v) is 2.79. The van der Waals surface area contributed by atoms with Crippen molar-refractivity contribution in [3.8, 4) is 0 Å². The Balaban J connectivity index is 1.90. The quantitative estimate of drug-likeness (QED) is 0.842. The first kappa shape index (κ1) is 12.5. The Labute approximate surface area is 105 Å². The maximum absolute atomic E-state index is 13.6. The van der Waals surface area contributed by atoms with E-state index in [4.69, 9.17) is 0 Å². The Bertz CT molecular complexity index is 484. The van der Waals surface area contributed by atoms with Crippen molar-refractivity contribution in [1.29, 1.82) is 0 Å². The molecular formula is C13H15FN2O2.